The summed E-state index contributed by atoms with van der Waals surface area (Å²) < 4.78 is 59.1. The molecule has 0 saturated carbocycles. The summed E-state index contributed by atoms with van der Waals surface area (Å²) in [4.78, 5) is 13.3. The Morgan fingerprint density at radius 3 is 2.95 bits per heavy atom. The largest absolute Gasteiger partial charge is 0.484 e. The number of thiophene rings is 1. The van der Waals surface area contributed by atoms with Crippen LogP contribution in [0.25, 0.3) is 32.1 Å². The number of benzene rings is 2. The summed E-state index contributed by atoms with van der Waals surface area (Å²) in [6.45, 7) is 2.45. The third-order valence-corrected chi connectivity index (χ3v) is 11.0. The molecule has 0 spiro atoms. The molecule has 3 fully saturated rings. The molecule has 2 aromatic carbocycles. The molecule has 0 bridgehead atoms. The first-order valence-electron chi connectivity index (χ1n) is 14.5. The lowest BCUT2D eigenvalue weighted by molar-refractivity contribution is 0.107. The number of fused-ring (bicyclic) bond motifs is 3. The van der Waals surface area contributed by atoms with Gasteiger partial charge in [0.25, 0.3) is 0 Å². The lowest BCUT2D eigenvalue weighted by atomic mass is 9.95. The van der Waals surface area contributed by atoms with Gasteiger partial charge < -0.3 is 25.4 Å². The van der Waals surface area contributed by atoms with Gasteiger partial charge in [0, 0.05) is 44.1 Å². The number of likely N-dealkylation sites (N-methyl/N-ethyl adjacent to an activating group) is 1. The van der Waals surface area contributed by atoms with Crippen LogP contribution < -0.4 is 25.4 Å². The maximum absolute atomic E-state index is 17.0. The van der Waals surface area contributed by atoms with Crippen molar-refractivity contribution in [3.8, 4) is 29.0 Å². The molecule has 4 aromatic rings. The molecular formula is C30H27ClF3N7O2S. The van der Waals surface area contributed by atoms with Gasteiger partial charge >= 0.3 is 6.01 Å². The fourth-order valence-corrected chi connectivity index (χ4v) is 8.79. The highest BCUT2D eigenvalue weighted by atomic mass is 35.5. The SMILES string of the molecule is CN1c2nc(OC[C@@]34CCCN3C[C@H](F)C4)nc3c(F)c(-c4ccc(F)c5sc(N)c(C#N)c45)c(Cl)c(c23)OC2CNCC21. The number of nitriles is 1. The molecule has 0 aliphatic carbocycles. The standard InChI is InChI=1S/C30H27ClF3N7O2S/c1-40-17-9-37-10-18(17)43-25-21-24(38-29(39-28(21)40)42-12-30-5-2-6-41(30)11-13(32)7-30)23(34)20(22(25)31)14-3-4-16(33)26-19(14)15(8-35)27(36)44-26/h3-4,13,17-18,37H,2,5-7,9-12,36H2,1H3/t13-,17?,18?,30+/m1/s1. The minimum atomic E-state index is -0.933. The van der Waals surface area contributed by atoms with Gasteiger partial charge in [-0.2, -0.15) is 15.2 Å². The molecule has 4 atom stereocenters. The van der Waals surface area contributed by atoms with Crippen molar-refractivity contribution in [2.45, 2.75) is 43.1 Å². The summed E-state index contributed by atoms with van der Waals surface area (Å²) in [5.41, 5.74) is 5.67. The van der Waals surface area contributed by atoms with Crippen LogP contribution in [0.4, 0.5) is 24.0 Å². The Bertz CT molecular complexity index is 1920. The average molecular weight is 642 g/mol. The van der Waals surface area contributed by atoms with Gasteiger partial charge in [0.1, 0.15) is 47.1 Å². The molecule has 4 aliphatic heterocycles. The highest BCUT2D eigenvalue weighted by Crippen LogP contribution is 2.51. The summed E-state index contributed by atoms with van der Waals surface area (Å²) >= 11 is 7.93. The number of nitrogens with one attached hydrogen (secondary N) is 1. The van der Waals surface area contributed by atoms with Gasteiger partial charge in [0.05, 0.1) is 32.3 Å². The van der Waals surface area contributed by atoms with E-state index in [0.29, 0.717) is 31.9 Å². The fourth-order valence-electron chi connectivity index (χ4n) is 7.51. The molecule has 44 heavy (non-hydrogen) atoms. The molecule has 228 valence electrons. The number of alkyl halides is 1. The summed E-state index contributed by atoms with van der Waals surface area (Å²) in [6.07, 6.45) is 0.822. The van der Waals surface area contributed by atoms with Crippen molar-refractivity contribution in [3.05, 3.63) is 34.4 Å². The summed E-state index contributed by atoms with van der Waals surface area (Å²) in [7, 11) is 1.85. The molecule has 2 aromatic heterocycles. The first-order chi connectivity index (χ1) is 21.2. The van der Waals surface area contributed by atoms with Crippen LogP contribution >= 0.6 is 22.9 Å². The maximum Gasteiger partial charge on any atom is 0.319 e. The van der Waals surface area contributed by atoms with Gasteiger partial charge in [-0.1, -0.05) is 17.7 Å². The van der Waals surface area contributed by atoms with Crippen molar-refractivity contribution >= 4 is 54.7 Å². The number of nitrogens with zero attached hydrogens (tertiary/aromatic N) is 5. The number of nitrogen functional groups attached to an aromatic ring is 1. The smallest absolute Gasteiger partial charge is 0.319 e. The Hall–Kier alpha value is -3.57. The van der Waals surface area contributed by atoms with Crippen molar-refractivity contribution in [3.63, 3.8) is 0 Å². The third kappa shape index (κ3) is 3.90. The predicted molar refractivity (Wildman–Crippen MR) is 162 cm³/mol. The molecule has 0 amide bonds. The monoisotopic (exact) mass is 641 g/mol. The lowest BCUT2D eigenvalue weighted by Crippen LogP contribution is -2.44. The first-order valence-corrected chi connectivity index (χ1v) is 15.7. The summed E-state index contributed by atoms with van der Waals surface area (Å²) in [6, 6.07) is 4.42. The number of rotatable bonds is 4. The molecule has 4 aliphatic rings. The van der Waals surface area contributed by atoms with E-state index in [1.165, 1.54) is 12.1 Å². The minimum absolute atomic E-state index is 0.0390. The second-order valence-corrected chi connectivity index (χ2v) is 13.4. The van der Waals surface area contributed by atoms with Crippen LogP contribution in [0.2, 0.25) is 5.02 Å². The Kier molecular flexibility index (Phi) is 6.33. The van der Waals surface area contributed by atoms with Gasteiger partial charge in [-0.15, -0.1) is 11.3 Å². The average Bonchev–Trinajstić information content (AvgIpc) is 3.75. The van der Waals surface area contributed by atoms with Crippen molar-refractivity contribution in [2.24, 2.45) is 0 Å². The number of nitrogens with two attached hydrogens (primary N) is 1. The fraction of sp³-hybridized carbons (Fsp3) is 0.433. The summed E-state index contributed by atoms with van der Waals surface area (Å²) in [5.74, 6) is -0.797. The number of halogens is 4. The van der Waals surface area contributed by atoms with Crippen LogP contribution in [-0.4, -0.2) is 78.6 Å². The number of hydrogen-bond acceptors (Lipinski definition) is 10. The van der Waals surface area contributed by atoms with Gasteiger partial charge in [-0.3, -0.25) is 4.90 Å². The number of anilines is 2. The first kappa shape index (κ1) is 27.9. The topological polar surface area (TPSA) is 113 Å². The quantitative estimate of drug-likeness (QED) is 0.317. The van der Waals surface area contributed by atoms with E-state index in [9.17, 15) is 14.0 Å². The van der Waals surface area contributed by atoms with E-state index in [1.807, 2.05) is 18.0 Å². The second kappa shape index (κ2) is 9.97. The van der Waals surface area contributed by atoms with Crippen LogP contribution in [0, 0.1) is 23.0 Å². The van der Waals surface area contributed by atoms with E-state index in [0.717, 1.165) is 30.7 Å². The van der Waals surface area contributed by atoms with E-state index in [-0.39, 0.29) is 78.2 Å². The van der Waals surface area contributed by atoms with Crippen LogP contribution in [-0.2, 0) is 0 Å². The van der Waals surface area contributed by atoms with Crippen molar-refractivity contribution in [2.75, 3.05) is 50.5 Å². The molecule has 0 radical (unpaired) electrons. The van der Waals surface area contributed by atoms with Crippen LogP contribution in [0.5, 0.6) is 11.8 Å². The predicted octanol–water partition coefficient (Wildman–Crippen LogP) is 5.02. The molecule has 8 rings (SSSR count). The van der Waals surface area contributed by atoms with Crippen LogP contribution in [0.15, 0.2) is 12.1 Å². The van der Waals surface area contributed by atoms with Gasteiger partial charge in [-0.05, 0) is 31.0 Å². The molecular weight excluding hydrogens is 615 g/mol. The van der Waals surface area contributed by atoms with E-state index in [1.54, 1.807) is 0 Å². The van der Waals surface area contributed by atoms with Crippen molar-refractivity contribution < 1.29 is 22.6 Å². The van der Waals surface area contributed by atoms with Crippen molar-refractivity contribution in [1.82, 2.24) is 20.2 Å². The maximum atomic E-state index is 17.0. The zero-order chi connectivity index (χ0) is 30.5. The van der Waals surface area contributed by atoms with E-state index in [4.69, 9.17) is 31.8 Å². The van der Waals surface area contributed by atoms with Gasteiger partial charge in [0.15, 0.2) is 11.6 Å². The Balaban J connectivity index is 1.35. The van der Waals surface area contributed by atoms with Crippen LogP contribution in [0.1, 0.15) is 24.8 Å². The van der Waals surface area contributed by atoms with Crippen LogP contribution in [0.3, 0.4) is 0 Å². The van der Waals surface area contributed by atoms with E-state index in [2.05, 4.69) is 15.2 Å². The Morgan fingerprint density at radius 1 is 1.30 bits per heavy atom. The van der Waals surface area contributed by atoms with Gasteiger partial charge in [-0.25, -0.2) is 13.2 Å². The third-order valence-electron chi connectivity index (χ3n) is 9.60. The second-order valence-electron chi connectivity index (χ2n) is 12.0. The molecule has 2 unspecified atom stereocenters. The molecule has 3 saturated heterocycles. The van der Waals surface area contributed by atoms with Crippen molar-refractivity contribution in [1.29, 1.82) is 5.26 Å². The molecule has 3 N–H and O–H groups in total. The Labute approximate surface area is 259 Å². The molecule has 9 nitrogen and oxygen atoms in total. The minimum Gasteiger partial charge on any atom is -0.484 e. The zero-order valence-corrected chi connectivity index (χ0v) is 25.2. The normalized spacial score (nSPS) is 26.1. The number of hydrogen-bond donors (Lipinski definition) is 2. The highest BCUT2D eigenvalue weighted by molar-refractivity contribution is 7.23. The summed E-state index contributed by atoms with van der Waals surface area (Å²) in [5, 5.41) is 13.7. The molecule has 6 heterocycles. The molecule has 14 heteroatoms. The van der Waals surface area contributed by atoms with Gasteiger partial charge in [0.2, 0.25) is 0 Å². The number of ether oxygens (including phenoxy) is 2. The van der Waals surface area contributed by atoms with E-state index >= 15 is 4.39 Å². The van der Waals surface area contributed by atoms with E-state index < -0.39 is 23.3 Å². The zero-order valence-electron chi connectivity index (χ0n) is 23.6. The Morgan fingerprint density at radius 2 is 2.14 bits per heavy atom. The highest BCUT2D eigenvalue weighted by Gasteiger charge is 2.49. The number of aromatic nitrogens is 2. The lowest BCUT2D eigenvalue weighted by Gasteiger charge is -2.31.